The Bertz CT molecular complexity index is 1060. The fourth-order valence-corrected chi connectivity index (χ4v) is 5.06. The summed E-state index contributed by atoms with van der Waals surface area (Å²) >= 11 is 6.25. The molecule has 1 N–H and O–H groups in total. The van der Waals surface area contributed by atoms with Gasteiger partial charge in [-0.25, -0.2) is 0 Å². The molecule has 7 nitrogen and oxygen atoms in total. The summed E-state index contributed by atoms with van der Waals surface area (Å²) in [5.41, 5.74) is 4.28. The third-order valence-electron chi connectivity index (χ3n) is 7.19. The highest BCUT2D eigenvalue weighted by Crippen LogP contribution is 2.26. The van der Waals surface area contributed by atoms with Gasteiger partial charge < -0.3 is 10.2 Å². The topological polar surface area (TPSA) is 70.5 Å². The van der Waals surface area contributed by atoms with E-state index in [2.05, 4.69) is 29.2 Å². The predicted molar refractivity (Wildman–Crippen MR) is 151 cm³/mol. The normalized spacial score (nSPS) is 15.7. The quantitative estimate of drug-likeness (QED) is 0.496. The highest BCUT2D eigenvalue weighted by molar-refractivity contribution is 6.31. The van der Waals surface area contributed by atoms with Gasteiger partial charge in [-0.3, -0.25) is 19.2 Å². The summed E-state index contributed by atoms with van der Waals surface area (Å²) in [6, 6.07) is 5.78. The van der Waals surface area contributed by atoms with E-state index in [9.17, 15) is 9.59 Å². The van der Waals surface area contributed by atoms with Gasteiger partial charge in [0.1, 0.15) is 0 Å². The minimum atomic E-state index is -0.121. The van der Waals surface area contributed by atoms with Crippen molar-refractivity contribution in [3.8, 4) is 0 Å². The van der Waals surface area contributed by atoms with Crippen LogP contribution in [0.1, 0.15) is 86.6 Å². The number of nitrogens with one attached hydrogen (secondary N) is 1. The standard InChI is InChI=1S/C29H44ClN5O2/c1-21(2)13-17-33-15-9-7-6-8-10-16-34(24(5)36)27-12-11-25(19-26(27)20-33)29(37)31-14-18-35-23(4)28(30)22(3)32-35/h11-12,19,21H,6-10,13-18,20H2,1-5H3,(H,31,37). The average molecular weight is 530 g/mol. The molecule has 0 saturated heterocycles. The Labute approximate surface area is 227 Å². The third kappa shape index (κ3) is 8.30. The maximum Gasteiger partial charge on any atom is 0.251 e. The minimum Gasteiger partial charge on any atom is -0.350 e. The predicted octanol–water partition coefficient (Wildman–Crippen LogP) is 5.75. The Hall–Kier alpha value is -2.38. The second-order valence-corrected chi connectivity index (χ2v) is 11.1. The van der Waals surface area contributed by atoms with E-state index >= 15 is 0 Å². The summed E-state index contributed by atoms with van der Waals surface area (Å²) in [5, 5.41) is 8.14. The number of hydrogen-bond donors (Lipinski definition) is 1. The highest BCUT2D eigenvalue weighted by atomic mass is 35.5. The Kier molecular flexibility index (Phi) is 11.0. The number of halogens is 1. The average Bonchev–Trinajstić information content (AvgIpc) is 3.09. The lowest BCUT2D eigenvalue weighted by Crippen LogP contribution is -2.33. The summed E-state index contributed by atoms with van der Waals surface area (Å²) in [6.45, 7) is 14.5. The molecule has 8 heteroatoms. The number of aromatic nitrogens is 2. The van der Waals surface area contributed by atoms with Crippen LogP contribution in [0.4, 0.5) is 5.69 Å². The second-order valence-electron chi connectivity index (χ2n) is 10.7. The Morgan fingerprint density at radius 3 is 2.41 bits per heavy atom. The van der Waals surface area contributed by atoms with Crippen molar-refractivity contribution in [2.24, 2.45) is 5.92 Å². The first-order chi connectivity index (χ1) is 17.7. The number of fused-ring (bicyclic) bond motifs is 1. The van der Waals surface area contributed by atoms with E-state index in [0.29, 0.717) is 36.1 Å². The number of rotatable bonds is 7. The number of amides is 2. The van der Waals surface area contributed by atoms with E-state index in [1.54, 1.807) is 6.92 Å². The molecule has 2 heterocycles. The van der Waals surface area contributed by atoms with Gasteiger partial charge in [-0.1, -0.05) is 44.7 Å². The molecule has 0 spiro atoms. The third-order valence-corrected chi connectivity index (χ3v) is 7.73. The molecule has 0 saturated carbocycles. The van der Waals surface area contributed by atoms with Crippen LogP contribution in [-0.4, -0.2) is 52.7 Å². The van der Waals surface area contributed by atoms with Crippen molar-refractivity contribution in [1.82, 2.24) is 20.0 Å². The molecule has 2 amide bonds. The number of anilines is 1. The molecule has 0 fully saturated rings. The molecule has 1 aromatic heterocycles. The van der Waals surface area contributed by atoms with Crippen LogP contribution < -0.4 is 10.2 Å². The molecule has 1 aliphatic rings. The maximum absolute atomic E-state index is 13.1. The molecule has 2 aromatic rings. The Morgan fingerprint density at radius 2 is 1.76 bits per heavy atom. The van der Waals surface area contributed by atoms with Crippen molar-refractivity contribution < 1.29 is 9.59 Å². The van der Waals surface area contributed by atoms with Gasteiger partial charge in [0.05, 0.1) is 23.0 Å². The van der Waals surface area contributed by atoms with Crippen molar-refractivity contribution in [2.75, 3.05) is 31.1 Å². The molecule has 204 valence electrons. The molecule has 1 aromatic carbocycles. The van der Waals surface area contributed by atoms with Crippen LogP contribution in [0.15, 0.2) is 18.2 Å². The fraction of sp³-hybridized carbons (Fsp3) is 0.621. The smallest absolute Gasteiger partial charge is 0.251 e. The van der Waals surface area contributed by atoms with Gasteiger partial charge in [0.2, 0.25) is 5.91 Å². The van der Waals surface area contributed by atoms with E-state index in [-0.39, 0.29) is 11.8 Å². The number of benzene rings is 1. The molecule has 0 radical (unpaired) electrons. The van der Waals surface area contributed by atoms with E-state index in [4.69, 9.17) is 11.6 Å². The first-order valence-electron chi connectivity index (χ1n) is 13.8. The maximum atomic E-state index is 13.1. The first-order valence-corrected chi connectivity index (χ1v) is 14.2. The van der Waals surface area contributed by atoms with Gasteiger partial charge in [-0.05, 0) is 75.9 Å². The Balaban J connectivity index is 1.82. The van der Waals surface area contributed by atoms with Crippen LogP contribution in [0, 0.1) is 19.8 Å². The summed E-state index contributed by atoms with van der Waals surface area (Å²) in [7, 11) is 0. The lowest BCUT2D eigenvalue weighted by molar-refractivity contribution is -0.116. The fourth-order valence-electron chi connectivity index (χ4n) is 4.92. The number of hydrogen-bond acceptors (Lipinski definition) is 4. The van der Waals surface area contributed by atoms with Crippen molar-refractivity contribution >= 4 is 29.1 Å². The van der Waals surface area contributed by atoms with Crippen LogP contribution in [0.25, 0.3) is 0 Å². The van der Waals surface area contributed by atoms with Gasteiger partial charge in [0, 0.05) is 37.8 Å². The zero-order chi connectivity index (χ0) is 26.9. The zero-order valence-corrected chi connectivity index (χ0v) is 24.0. The van der Waals surface area contributed by atoms with Crippen LogP contribution in [0.2, 0.25) is 5.02 Å². The molecule has 37 heavy (non-hydrogen) atoms. The summed E-state index contributed by atoms with van der Waals surface area (Å²) < 4.78 is 1.83. The van der Waals surface area contributed by atoms with Gasteiger partial charge in [-0.15, -0.1) is 0 Å². The molecule has 0 atom stereocenters. The molecule has 0 unspecified atom stereocenters. The molecule has 0 aliphatic carbocycles. The molecule has 1 aliphatic heterocycles. The monoisotopic (exact) mass is 529 g/mol. The summed E-state index contributed by atoms with van der Waals surface area (Å²) in [5.74, 6) is 0.557. The van der Waals surface area contributed by atoms with E-state index in [1.807, 2.05) is 41.6 Å². The molecule has 0 bridgehead atoms. The van der Waals surface area contributed by atoms with E-state index < -0.39 is 0 Å². The summed E-state index contributed by atoms with van der Waals surface area (Å²) in [6.07, 6.45) is 6.86. The van der Waals surface area contributed by atoms with E-state index in [1.165, 1.54) is 19.3 Å². The first kappa shape index (κ1) is 29.2. The second kappa shape index (κ2) is 14.0. The van der Waals surface area contributed by atoms with Crippen molar-refractivity contribution in [2.45, 2.75) is 86.2 Å². The minimum absolute atomic E-state index is 0.0489. The lowest BCUT2D eigenvalue weighted by atomic mass is 10.0. The molecular weight excluding hydrogens is 486 g/mol. The molecular formula is C29H44ClN5O2. The van der Waals surface area contributed by atoms with Crippen LogP contribution in [-0.2, 0) is 17.9 Å². The van der Waals surface area contributed by atoms with Crippen molar-refractivity contribution in [3.05, 3.63) is 45.7 Å². The van der Waals surface area contributed by atoms with Crippen LogP contribution in [0.3, 0.4) is 0 Å². The zero-order valence-electron chi connectivity index (χ0n) is 23.3. The van der Waals surface area contributed by atoms with Crippen molar-refractivity contribution in [3.63, 3.8) is 0 Å². The van der Waals surface area contributed by atoms with Gasteiger partial charge in [0.15, 0.2) is 0 Å². The van der Waals surface area contributed by atoms with Crippen LogP contribution in [0.5, 0.6) is 0 Å². The van der Waals surface area contributed by atoms with Crippen LogP contribution >= 0.6 is 11.6 Å². The Morgan fingerprint density at radius 1 is 1.05 bits per heavy atom. The number of aryl methyl sites for hydroxylation is 1. The lowest BCUT2D eigenvalue weighted by Gasteiger charge is -2.29. The van der Waals surface area contributed by atoms with Crippen molar-refractivity contribution in [1.29, 1.82) is 0 Å². The SMILES string of the molecule is CC(=O)N1CCCCCCCN(CCC(C)C)Cc2cc(C(=O)NCCn3nc(C)c(Cl)c3C)ccc21. The number of nitrogens with zero attached hydrogens (tertiary/aromatic N) is 4. The van der Waals surface area contributed by atoms with Gasteiger partial charge in [-0.2, -0.15) is 5.10 Å². The molecule has 3 rings (SSSR count). The number of carbonyl (C=O) groups is 2. The van der Waals surface area contributed by atoms with Gasteiger partial charge >= 0.3 is 0 Å². The van der Waals surface area contributed by atoms with E-state index in [0.717, 1.165) is 61.5 Å². The summed E-state index contributed by atoms with van der Waals surface area (Å²) in [4.78, 5) is 30.1. The largest absolute Gasteiger partial charge is 0.350 e. The van der Waals surface area contributed by atoms with Gasteiger partial charge in [0.25, 0.3) is 5.91 Å². The number of carbonyl (C=O) groups excluding carboxylic acids is 2. The highest BCUT2D eigenvalue weighted by Gasteiger charge is 2.20.